The second-order valence-electron chi connectivity index (χ2n) is 9.71. The zero-order valence-corrected chi connectivity index (χ0v) is 22.5. The van der Waals surface area contributed by atoms with Gasteiger partial charge in [0.2, 0.25) is 5.91 Å². The van der Waals surface area contributed by atoms with Gasteiger partial charge in [0.25, 0.3) is 0 Å². The Morgan fingerprint density at radius 2 is 1.58 bits per heavy atom. The first-order valence-electron chi connectivity index (χ1n) is 13.1. The maximum atomic E-state index is 14.0. The van der Waals surface area contributed by atoms with Crippen LogP contribution in [-0.4, -0.2) is 42.5 Å². The number of halogens is 1. The Labute approximate surface area is 230 Å². The number of benzene rings is 4. The molecule has 0 bridgehead atoms. The van der Waals surface area contributed by atoms with Crippen molar-refractivity contribution >= 4 is 17.5 Å². The molecule has 0 aliphatic carbocycles. The van der Waals surface area contributed by atoms with E-state index in [4.69, 9.17) is 16.3 Å². The molecule has 0 saturated heterocycles. The van der Waals surface area contributed by atoms with E-state index in [9.17, 15) is 4.79 Å². The van der Waals surface area contributed by atoms with E-state index in [1.807, 2.05) is 65.6 Å². The van der Waals surface area contributed by atoms with Gasteiger partial charge < -0.3 is 9.64 Å². The summed E-state index contributed by atoms with van der Waals surface area (Å²) in [7, 11) is 1.71. The highest BCUT2D eigenvalue weighted by Crippen LogP contribution is 2.39. The fourth-order valence-corrected chi connectivity index (χ4v) is 5.55. The molecule has 4 nitrogen and oxygen atoms in total. The van der Waals surface area contributed by atoms with Crippen LogP contribution >= 0.6 is 11.6 Å². The maximum absolute atomic E-state index is 14.0. The van der Waals surface area contributed by atoms with Gasteiger partial charge in [0.1, 0.15) is 5.75 Å². The third-order valence-corrected chi connectivity index (χ3v) is 7.71. The van der Waals surface area contributed by atoms with Gasteiger partial charge in [-0.3, -0.25) is 9.69 Å². The fraction of sp³-hybridized carbons (Fsp3) is 0.242. The van der Waals surface area contributed by atoms with E-state index in [2.05, 4.69) is 47.4 Å². The van der Waals surface area contributed by atoms with Crippen LogP contribution < -0.4 is 4.74 Å². The lowest BCUT2D eigenvalue weighted by Gasteiger charge is -2.39. The van der Waals surface area contributed by atoms with Gasteiger partial charge in [0, 0.05) is 30.2 Å². The van der Waals surface area contributed by atoms with E-state index in [1.54, 1.807) is 7.11 Å². The molecule has 4 aromatic rings. The molecule has 0 aromatic heterocycles. The van der Waals surface area contributed by atoms with Crippen LogP contribution in [0, 0.1) is 0 Å². The molecule has 4 aromatic carbocycles. The second kappa shape index (κ2) is 12.3. The Hall–Kier alpha value is -3.60. The van der Waals surface area contributed by atoms with Crippen LogP contribution in [0.15, 0.2) is 103 Å². The summed E-state index contributed by atoms with van der Waals surface area (Å²) < 4.78 is 5.76. The van der Waals surface area contributed by atoms with Gasteiger partial charge in [-0.15, -0.1) is 0 Å². The number of ether oxygens (including phenoxy) is 1. The Morgan fingerprint density at radius 3 is 2.37 bits per heavy atom. The van der Waals surface area contributed by atoms with Gasteiger partial charge in [0.15, 0.2) is 0 Å². The van der Waals surface area contributed by atoms with E-state index >= 15 is 0 Å². The number of carbonyl (C=O) groups is 1. The van der Waals surface area contributed by atoms with Crippen LogP contribution in [0.3, 0.4) is 0 Å². The summed E-state index contributed by atoms with van der Waals surface area (Å²) in [6, 6.07) is 34.7. The molecule has 38 heavy (non-hydrogen) atoms. The van der Waals surface area contributed by atoms with E-state index < -0.39 is 0 Å². The predicted molar refractivity (Wildman–Crippen MR) is 154 cm³/mol. The van der Waals surface area contributed by atoms with E-state index in [-0.39, 0.29) is 11.9 Å². The molecule has 5 heteroatoms. The molecule has 0 fully saturated rings. The summed E-state index contributed by atoms with van der Waals surface area (Å²) in [6.45, 7) is 2.22. The summed E-state index contributed by atoms with van der Waals surface area (Å²) in [6.07, 6.45) is 1.69. The molecule has 0 N–H and O–H groups in total. The maximum Gasteiger partial charge on any atom is 0.237 e. The standard InChI is InChI=1S/C33H33ClN2O2/c1-38-31-18-10-8-16-29(31)33-28-15-7-5-13-26(28)20-22-36(33)24-32(37)35(21-19-25-11-3-2-4-12-25)23-27-14-6-9-17-30(27)34/h2-18,33H,19-24H2,1H3. The van der Waals surface area contributed by atoms with Crippen molar-refractivity contribution in [3.05, 3.63) is 136 Å². The number of nitrogens with zero attached hydrogens (tertiary/aromatic N) is 2. The average Bonchev–Trinajstić information content (AvgIpc) is 2.96. The Kier molecular flexibility index (Phi) is 8.42. The molecule has 1 heterocycles. The Balaban J connectivity index is 1.43. The van der Waals surface area contributed by atoms with Crippen LogP contribution in [0.1, 0.15) is 33.9 Å². The van der Waals surface area contributed by atoms with Crippen molar-refractivity contribution in [2.24, 2.45) is 0 Å². The van der Waals surface area contributed by atoms with Crippen LogP contribution in [-0.2, 0) is 24.2 Å². The highest BCUT2D eigenvalue weighted by atomic mass is 35.5. The van der Waals surface area contributed by atoms with Crippen molar-refractivity contribution in [2.45, 2.75) is 25.4 Å². The topological polar surface area (TPSA) is 32.8 Å². The minimum absolute atomic E-state index is 0.0589. The lowest BCUT2D eigenvalue weighted by atomic mass is 9.87. The summed E-state index contributed by atoms with van der Waals surface area (Å²) in [4.78, 5) is 18.3. The van der Waals surface area contributed by atoms with E-state index in [0.717, 1.165) is 36.3 Å². The third kappa shape index (κ3) is 5.93. The number of hydrogen-bond donors (Lipinski definition) is 0. The predicted octanol–water partition coefficient (Wildman–Crippen LogP) is 6.57. The normalized spacial score (nSPS) is 15.1. The van der Waals surface area contributed by atoms with Gasteiger partial charge in [-0.25, -0.2) is 0 Å². The molecular formula is C33H33ClN2O2. The fourth-order valence-electron chi connectivity index (χ4n) is 5.35. The highest BCUT2D eigenvalue weighted by Gasteiger charge is 2.32. The van der Waals surface area contributed by atoms with Crippen molar-refractivity contribution in [3.63, 3.8) is 0 Å². The molecule has 5 rings (SSSR count). The van der Waals surface area contributed by atoms with Crippen molar-refractivity contribution in [1.29, 1.82) is 0 Å². The second-order valence-corrected chi connectivity index (χ2v) is 10.1. The summed E-state index contributed by atoms with van der Waals surface area (Å²) >= 11 is 6.51. The smallest absolute Gasteiger partial charge is 0.237 e. The molecule has 0 spiro atoms. The Bertz CT molecular complexity index is 1370. The van der Waals surface area contributed by atoms with Gasteiger partial charge >= 0.3 is 0 Å². The molecule has 1 amide bonds. The van der Waals surface area contributed by atoms with Crippen LogP contribution in [0.5, 0.6) is 5.75 Å². The number of fused-ring (bicyclic) bond motifs is 1. The van der Waals surface area contributed by atoms with Crippen molar-refractivity contribution in [2.75, 3.05) is 26.7 Å². The minimum atomic E-state index is -0.0589. The largest absolute Gasteiger partial charge is 0.496 e. The molecule has 0 radical (unpaired) electrons. The first-order valence-corrected chi connectivity index (χ1v) is 13.5. The van der Waals surface area contributed by atoms with Crippen molar-refractivity contribution in [1.82, 2.24) is 9.80 Å². The van der Waals surface area contributed by atoms with Crippen LogP contribution in [0.2, 0.25) is 5.02 Å². The highest BCUT2D eigenvalue weighted by molar-refractivity contribution is 6.31. The van der Waals surface area contributed by atoms with E-state index in [0.29, 0.717) is 24.7 Å². The van der Waals surface area contributed by atoms with Gasteiger partial charge in [-0.2, -0.15) is 0 Å². The lowest BCUT2D eigenvalue weighted by molar-refractivity contribution is -0.133. The molecule has 1 aliphatic rings. The number of hydrogen-bond acceptors (Lipinski definition) is 3. The molecule has 1 unspecified atom stereocenters. The third-order valence-electron chi connectivity index (χ3n) is 7.34. The SMILES string of the molecule is COc1ccccc1C1c2ccccc2CCN1CC(=O)N(CCc1ccccc1)Cc1ccccc1Cl. The number of carbonyl (C=O) groups excluding carboxylic acids is 1. The zero-order chi connectivity index (χ0) is 26.3. The van der Waals surface area contributed by atoms with Gasteiger partial charge in [-0.05, 0) is 47.2 Å². The number of amides is 1. The monoisotopic (exact) mass is 524 g/mol. The molecular weight excluding hydrogens is 492 g/mol. The molecule has 194 valence electrons. The van der Waals surface area contributed by atoms with E-state index in [1.165, 1.54) is 16.7 Å². The van der Waals surface area contributed by atoms with Crippen molar-refractivity contribution in [3.8, 4) is 5.75 Å². The summed E-state index contributed by atoms with van der Waals surface area (Å²) in [5.74, 6) is 0.934. The summed E-state index contributed by atoms with van der Waals surface area (Å²) in [5, 5.41) is 0.684. The average molecular weight is 525 g/mol. The number of rotatable bonds is 9. The van der Waals surface area contributed by atoms with Crippen molar-refractivity contribution < 1.29 is 9.53 Å². The zero-order valence-electron chi connectivity index (χ0n) is 21.7. The van der Waals surface area contributed by atoms with Crippen LogP contribution in [0.4, 0.5) is 0 Å². The quantitative estimate of drug-likeness (QED) is 0.248. The first-order chi connectivity index (χ1) is 18.6. The van der Waals surface area contributed by atoms with Gasteiger partial charge in [-0.1, -0.05) is 103 Å². The molecule has 1 aliphatic heterocycles. The number of para-hydroxylation sites is 1. The number of methoxy groups -OCH3 is 1. The minimum Gasteiger partial charge on any atom is -0.496 e. The molecule has 0 saturated carbocycles. The summed E-state index contributed by atoms with van der Waals surface area (Å²) in [5.41, 5.74) is 5.81. The first kappa shape index (κ1) is 26.0. The lowest BCUT2D eigenvalue weighted by Crippen LogP contribution is -2.45. The Morgan fingerprint density at radius 1 is 0.895 bits per heavy atom. The van der Waals surface area contributed by atoms with Crippen LogP contribution in [0.25, 0.3) is 0 Å². The molecule has 1 atom stereocenters. The van der Waals surface area contributed by atoms with Gasteiger partial charge in [0.05, 0.1) is 19.7 Å².